The molecule has 0 aromatic heterocycles. The molecule has 0 radical (unpaired) electrons. The lowest BCUT2D eigenvalue weighted by molar-refractivity contribution is -0.106. The highest BCUT2D eigenvalue weighted by molar-refractivity contribution is 5.73. The van der Waals surface area contributed by atoms with Gasteiger partial charge in [0.25, 0.3) is 0 Å². The molecule has 1 aliphatic rings. The maximum absolute atomic E-state index is 10.4. The number of allylic oxidation sites excluding steroid dienone is 1. The fourth-order valence-electron chi connectivity index (χ4n) is 1.28. The van der Waals surface area contributed by atoms with Crippen molar-refractivity contribution < 1.29 is 9.53 Å². The van der Waals surface area contributed by atoms with Crippen molar-refractivity contribution in [1.29, 1.82) is 0 Å². The monoisotopic (exact) mass is 166 g/mol. The van der Waals surface area contributed by atoms with Crippen molar-refractivity contribution in [1.82, 2.24) is 0 Å². The van der Waals surface area contributed by atoms with E-state index in [0.29, 0.717) is 12.2 Å². The van der Waals surface area contributed by atoms with Crippen LogP contribution < -0.4 is 0 Å². The van der Waals surface area contributed by atoms with E-state index in [1.807, 2.05) is 6.92 Å². The largest absolute Gasteiger partial charge is 0.369 e. The summed E-state index contributed by atoms with van der Waals surface area (Å²) < 4.78 is 5.44. The number of ether oxygens (including phenoxy) is 1. The molecule has 0 bridgehead atoms. The molecule has 0 aromatic rings. The van der Waals surface area contributed by atoms with Gasteiger partial charge in [-0.25, -0.2) is 0 Å². The van der Waals surface area contributed by atoms with Gasteiger partial charge in [-0.2, -0.15) is 0 Å². The summed E-state index contributed by atoms with van der Waals surface area (Å²) in [6.07, 6.45) is 4.71. The van der Waals surface area contributed by atoms with E-state index in [1.54, 1.807) is 0 Å². The summed E-state index contributed by atoms with van der Waals surface area (Å²) in [4.78, 5) is 10.4. The number of rotatable bonds is 2. The van der Waals surface area contributed by atoms with Crippen LogP contribution in [0, 0.1) is 0 Å². The molecule has 0 saturated carbocycles. The van der Waals surface area contributed by atoms with Crippen LogP contribution in [0.25, 0.3) is 0 Å². The lowest BCUT2D eigenvalue weighted by atomic mass is 10.0. The van der Waals surface area contributed by atoms with Gasteiger partial charge in [0, 0.05) is 5.57 Å². The molecule has 12 heavy (non-hydrogen) atoms. The predicted molar refractivity (Wildman–Crippen MR) is 47.9 cm³/mol. The Hall–Kier alpha value is -0.890. The Balaban J connectivity index is 2.46. The molecule has 1 fully saturated rings. The van der Waals surface area contributed by atoms with Gasteiger partial charge in [0.1, 0.15) is 6.29 Å². The predicted octanol–water partition coefficient (Wildman–Crippen LogP) is 1.87. The summed E-state index contributed by atoms with van der Waals surface area (Å²) in [7, 11) is 0. The molecule has 0 spiro atoms. The van der Waals surface area contributed by atoms with Gasteiger partial charge < -0.3 is 4.74 Å². The van der Waals surface area contributed by atoms with Crippen molar-refractivity contribution >= 4 is 6.29 Å². The highest BCUT2D eigenvalue weighted by Gasteiger charge is 2.18. The van der Waals surface area contributed by atoms with Crippen molar-refractivity contribution in [2.45, 2.75) is 25.9 Å². The summed E-state index contributed by atoms with van der Waals surface area (Å²) in [5, 5.41) is 0. The van der Waals surface area contributed by atoms with E-state index in [-0.39, 0.29) is 6.10 Å². The molecule has 2 heteroatoms. The highest BCUT2D eigenvalue weighted by Crippen LogP contribution is 2.21. The van der Waals surface area contributed by atoms with Crippen molar-refractivity contribution in [2.24, 2.45) is 0 Å². The molecular weight excluding hydrogens is 152 g/mol. The smallest absolute Gasteiger partial charge is 0.148 e. The van der Waals surface area contributed by atoms with E-state index in [0.717, 1.165) is 19.1 Å². The summed E-state index contributed by atoms with van der Waals surface area (Å²) >= 11 is 0. The third-order valence-electron chi connectivity index (χ3n) is 2.17. The molecule has 1 saturated heterocycles. The van der Waals surface area contributed by atoms with E-state index in [2.05, 4.69) is 12.7 Å². The van der Waals surface area contributed by atoms with E-state index in [1.165, 1.54) is 5.57 Å². The first-order valence-electron chi connectivity index (χ1n) is 4.17. The van der Waals surface area contributed by atoms with Gasteiger partial charge in [0.15, 0.2) is 0 Å². The zero-order chi connectivity index (χ0) is 8.97. The topological polar surface area (TPSA) is 26.3 Å². The maximum atomic E-state index is 10.4. The first kappa shape index (κ1) is 9.20. The molecular formula is C10H14O2. The van der Waals surface area contributed by atoms with Gasteiger partial charge in [-0.3, -0.25) is 4.79 Å². The minimum Gasteiger partial charge on any atom is -0.369 e. The fraction of sp³-hybridized carbons (Fsp3) is 0.500. The van der Waals surface area contributed by atoms with Gasteiger partial charge in [-0.05, 0) is 25.3 Å². The quantitative estimate of drug-likeness (QED) is 0.355. The number of carbonyl (C=O) groups excluding carboxylic acids is 1. The van der Waals surface area contributed by atoms with Gasteiger partial charge in [-0.15, -0.1) is 0 Å². The zero-order valence-electron chi connectivity index (χ0n) is 7.38. The minimum absolute atomic E-state index is 0.0498. The Morgan fingerprint density at radius 1 is 1.75 bits per heavy atom. The molecule has 0 N–H and O–H groups in total. The van der Waals surface area contributed by atoms with Crippen molar-refractivity contribution in [2.75, 3.05) is 6.61 Å². The lowest BCUT2D eigenvalue weighted by Gasteiger charge is -2.24. The van der Waals surface area contributed by atoms with Crippen LogP contribution in [0.4, 0.5) is 0 Å². The summed E-state index contributed by atoms with van der Waals surface area (Å²) in [5.41, 5.74) is 1.87. The second-order valence-corrected chi connectivity index (χ2v) is 2.98. The fourth-order valence-corrected chi connectivity index (χ4v) is 1.28. The number of carbonyl (C=O) groups is 1. The van der Waals surface area contributed by atoms with Crippen LogP contribution in [0.5, 0.6) is 0 Å². The maximum Gasteiger partial charge on any atom is 0.148 e. The van der Waals surface area contributed by atoms with E-state index in [4.69, 9.17) is 4.74 Å². The van der Waals surface area contributed by atoms with E-state index < -0.39 is 0 Å². The average Bonchev–Trinajstić information content (AvgIpc) is 2.17. The molecule has 0 aliphatic carbocycles. The Morgan fingerprint density at radius 2 is 2.50 bits per heavy atom. The van der Waals surface area contributed by atoms with Gasteiger partial charge in [0.2, 0.25) is 0 Å². The number of hydrogen-bond acceptors (Lipinski definition) is 2. The van der Waals surface area contributed by atoms with Crippen LogP contribution in [-0.2, 0) is 9.53 Å². The lowest BCUT2D eigenvalue weighted by Crippen LogP contribution is -2.22. The minimum atomic E-state index is -0.0498. The molecule has 1 atom stereocenters. The van der Waals surface area contributed by atoms with Gasteiger partial charge >= 0.3 is 0 Å². The van der Waals surface area contributed by atoms with Crippen LogP contribution >= 0.6 is 0 Å². The molecule has 1 aliphatic heterocycles. The second kappa shape index (κ2) is 4.21. The van der Waals surface area contributed by atoms with Gasteiger partial charge in [-0.1, -0.05) is 12.7 Å². The SMILES string of the molecule is C=C(C=O)[C@H]1CC/C(=C/C)CO1. The Labute approximate surface area is 72.9 Å². The third-order valence-corrected chi connectivity index (χ3v) is 2.17. The number of aldehydes is 1. The molecule has 1 heterocycles. The van der Waals surface area contributed by atoms with E-state index >= 15 is 0 Å². The van der Waals surface area contributed by atoms with Crippen LogP contribution in [0.15, 0.2) is 23.8 Å². The normalized spacial score (nSPS) is 27.1. The number of hydrogen-bond donors (Lipinski definition) is 0. The van der Waals surface area contributed by atoms with Crippen LogP contribution in [0.3, 0.4) is 0 Å². The molecule has 0 unspecified atom stereocenters. The van der Waals surface area contributed by atoms with Crippen molar-refractivity contribution in [3.8, 4) is 0 Å². The van der Waals surface area contributed by atoms with Gasteiger partial charge in [0.05, 0.1) is 12.7 Å². The third kappa shape index (κ3) is 2.05. The van der Waals surface area contributed by atoms with Crippen LogP contribution in [0.2, 0.25) is 0 Å². The Kier molecular flexibility index (Phi) is 3.23. The average molecular weight is 166 g/mol. The first-order valence-corrected chi connectivity index (χ1v) is 4.17. The van der Waals surface area contributed by atoms with Crippen molar-refractivity contribution in [3.05, 3.63) is 23.8 Å². The van der Waals surface area contributed by atoms with Crippen LogP contribution in [-0.4, -0.2) is 19.0 Å². The standard InChI is InChI=1S/C10H14O2/c1-3-9-4-5-10(12-7-9)8(2)6-11/h3,6,10H,2,4-5,7H2,1H3/b9-3-/t10-/m1/s1. The molecule has 66 valence electrons. The first-order chi connectivity index (χ1) is 5.77. The molecule has 0 aromatic carbocycles. The highest BCUT2D eigenvalue weighted by atomic mass is 16.5. The zero-order valence-corrected chi connectivity index (χ0v) is 7.38. The summed E-state index contributed by atoms with van der Waals surface area (Å²) in [6, 6.07) is 0. The summed E-state index contributed by atoms with van der Waals surface area (Å²) in [5.74, 6) is 0. The second-order valence-electron chi connectivity index (χ2n) is 2.98. The molecule has 0 amide bonds. The van der Waals surface area contributed by atoms with Crippen molar-refractivity contribution in [3.63, 3.8) is 0 Å². The summed E-state index contributed by atoms with van der Waals surface area (Å²) in [6.45, 7) is 6.29. The van der Waals surface area contributed by atoms with Crippen LogP contribution in [0.1, 0.15) is 19.8 Å². The molecule has 1 rings (SSSR count). The Bertz CT molecular complexity index is 206. The van der Waals surface area contributed by atoms with E-state index in [9.17, 15) is 4.79 Å². The Morgan fingerprint density at radius 3 is 2.92 bits per heavy atom. The molecule has 2 nitrogen and oxygen atoms in total.